The van der Waals surface area contributed by atoms with Gasteiger partial charge in [0.25, 0.3) is 0 Å². The van der Waals surface area contributed by atoms with E-state index in [9.17, 15) is 9.59 Å². The van der Waals surface area contributed by atoms with Gasteiger partial charge in [0.1, 0.15) is 0 Å². The Bertz CT molecular complexity index is 574. The van der Waals surface area contributed by atoms with Crippen LogP contribution in [0.5, 0.6) is 0 Å². The van der Waals surface area contributed by atoms with Crippen LogP contribution in [0.25, 0.3) is 0 Å². The predicted octanol–water partition coefficient (Wildman–Crippen LogP) is 1.45. The standard InChI is InChI=1S/C15H21N3O3S/c1-10-8-21-11(2)7-18(10)14(20)6-12-9-22-15(16-12)17-5-3-4-13(17)19/h9-11H,3-8H2,1-2H3/t10-,11+/m0/s1. The Morgan fingerprint density at radius 2 is 2.32 bits per heavy atom. The molecular weight excluding hydrogens is 302 g/mol. The van der Waals surface area contributed by atoms with Crippen molar-refractivity contribution >= 4 is 28.3 Å². The smallest absolute Gasteiger partial charge is 0.229 e. The minimum Gasteiger partial charge on any atom is -0.375 e. The summed E-state index contributed by atoms with van der Waals surface area (Å²) in [6, 6.07) is 0.0990. The van der Waals surface area contributed by atoms with Crippen LogP contribution < -0.4 is 4.90 Å². The lowest BCUT2D eigenvalue weighted by Crippen LogP contribution is -2.50. The van der Waals surface area contributed by atoms with E-state index < -0.39 is 0 Å². The van der Waals surface area contributed by atoms with E-state index in [0.29, 0.717) is 24.7 Å². The minimum absolute atomic E-state index is 0.0762. The summed E-state index contributed by atoms with van der Waals surface area (Å²) in [5.74, 6) is 0.204. The summed E-state index contributed by atoms with van der Waals surface area (Å²) in [7, 11) is 0. The van der Waals surface area contributed by atoms with E-state index in [1.807, 2.05) is 24.1 Å². The third kappa shape index (κ3) is 3.15. The molecule has 7 heteroatoms. The normalized spacial score (nSPS) is 25.8. The Labute approximate surface area is 134 Å². The summed E-state index contributed by atoms with van der Waals surface area (Å²) in [5.41, 5.74) is 0.746. The molecule has 2 atom stereocenters. The Kier molecular flexibility index (Phi) is 4.44. The maximum Gasteiger partial charge on any atom is 0.229 e. The van der Waals surface area contributed by atoms with E-state index >= 15 is 0 Å². The molecule has 2 aliphatic rings. The number of nitrogens with zero attached hydrogens (tertiary/aromatic N) is 3. The molecular formula is C15H21N3O3S. The van der Waals surface area contributed by atoms with Gasteiger partial charge in [-0.15, -0.1) is 11.3 Å². The van der Waals surface area contributed by atoms with Gasteiger partial charge in [-0.2, -0.15) is 0 Å². The van der Waals surface area contributed by atoms with E-state index in [0.717, 1.165) is 18.7 Å². The van der Waals surface area contributed by atoms with Gasteiger partial charge in [-0.05, 0) is 20.3 Å². The number of carbonyl (C=O) groups excluding carboxylic acids is 2. The summed E-state index contributed by atoms with van der Waals surface area (Å²) >= 11 is 1.44. The molecule has 0 aromatic carbocycles. The van der Waals surface area contributed by atoms with Crippen LogP contribution in [-0.2, 0) is 20.7 Å². The van der Waals surface area contributed by atoms with Crippen molar-refractivity contribution in [3.63, 3.8) is 0 Å². The molecule has 22 heavy (non-hydrogen) atoms. The second-order valence-corrected chi connectivity index (χ2v) is 6.82. The zero-order chi connectivity index (χ0) is 15.7. The molecule has 3 rings (SSSR count). The molecule has 120 valence electrons. The van der Waals surface area contributed by atoms with Crippen molar-refractivity contribution in [2.75, 3.05) is 24.6 Å². The number of anilines is 1. The maximum absolute atomic E-state index is 12.5. The predicted molar refractivity (Wildman–Crippen MR) is 84.0 cm³/mol. The van der Waals surface area contributed by atoms with Crippen LogP contribution >= 0.6 is 11.3 Å². The van der Waals surface area contributed by atoms with Crippen molar-refractivity contribution in [1.82, 2.24) is 9.88 Å². The first-order chi connectivity index (χ1) is 10.5. The van der Waals surface area contributed by atoms with Crippen molar-refractivity contribution in [3.8, 4) is 0 Å². The second-order valence-electron chi connectivity index (χ2n) is 5.99. The topological polar surface area (TPSA) is 62.7 Å². The molecule has 0 saturated carbocycles. The van der Waals surface area contributed by atoms with Crippen molar-refractivity contribution in [2.45, 2.75) is 45.3 Å². The molecule has 0 spiro atoms. The van der Waals surface area contributed by atoms with Crippen molar-refractivity contribution in [1.29, 1.82) is 0 Å². The Balaban J connectivity index is 1.64. The van der Waals surface area contributed by atoms with Gasteiger partial charge >= 0.3 is 0 Å². The summed E-state index contributed by atoms with van der Waals surface area (Å²) in [4.78, 5) is 32.3. The lowest BCUT2D eigenvalue weighted by molar-refractivity contribution is -0.142. The number of rotatable bonds is 3. The highest BCUT2D eigenvalue weighted by molar-refractivity contribution is 7.14. The molecule has 1 aromatic rings. The molecule has 3 heterocycles. The summed E-state index contributed by atoms with van der Waals surface area (Å²) in [6.45, 7) is 5.92. The van der Waals surface area contributed by atoms with Gasteiger partial charge in [-0.1, -0.05) is 0 Å². The van der Waals surface area contributed by atoms with E-state index in [1.165, 1.54) is 11.3 Å². The number of aromatic nitrogens is 1. The summed E-state index contributed by atoms with van der Waals surface area (Å²) in [6.07, 6.45) is 1.84. The number of thiazole rings is 1. The van der Waals surface area contributed by atoms with E-state index in [-0.39, 0.29) is 30.4 Å². The highest BCUT2D eigenvalue weighted by atomic mass is 32.1. The van der Waals surface area contributed by atoms with Gasteiger partial charge in [-0.25, -0.2) is 4.98 Å². The molecule has 2 fully saturated rings. The molecule has 0 aliphatic carbocycles. The molecule has 0 radical (unpaired) electrons. The van der Waals surface area contributed by atoms with E-state index in [4.69, 9.17) is 4.74 Å². The summed E-state index contributed by atoms with van der Waals surface area (Å²) < 4.78 is 5.55. The first kappa shape index (κ1) is 15.4. The zero-order valence-corrected chi connectivity index (χ0v) is 13.8. The maximum atomic E-state index is 12.5. The quantitative estimate of drug-likeness (QED) is 0.844. The number of hydrogen-bond acceptors (Lipinski definition) is 5. The van der Waals surface area contributed by atoms with Crippen LogP contribution in [-0.4, -0.2) is 53.5 Å². The van der Waals surface area contributed by atoms with E-state index in [2.05, 4.69) is 4.98 Å². The lowest BCUT2D eigenvalue weighted by Gasteiger charge is -2.36. The van der Waals surface area contributed by atoms with Gasteiger partial charge in [0.2, 0.25) is 11.8 Å². The van der Waals surface area contributed by atoms with Crippen LogP contribution in [0.2, 0.25) is 0 Å². The molecule has 2 saturated heterocycles. The third-order valence-electron chi connectivity index (χ3n) is 4.10. The fourth-order valence-corrected chi connectivity index (χ4v) is 3.73. The Morgan fingerprint density at radius 1 is 1.50 bits per heavy atom. The molecule has 6 nitrogen and oxygen atoms in total. The Morgan fingerprint density at radius 3 is 3.05 bits per heavy atom. The number of amides is 2. The zero-order valence-electron chi connectivity index (χ0n) is 12.9. The molecule has 1 aromatic heterocycles. The lowest BCUT2D eigenvalue weighted by atomic mass is 10.2. The van der Waals surface area contributed by atoms with Gasteiger partial charge in [-0.3, -0.25) is 14.5 Å². The number of hydrogen-bond donors (Lipinski definition) is 0. The van der Waals surface area contributed by atoms with Gasteiger partial charge in [0, 0.05) is 24.9 Å². The SMILES string of the molecule is C[C@@H]1CN(C(=O)Cc2csc(N3CCCC3=O)n2)[C@@H](C)CO1. The van der Waals surface area contributed by atoms with Crippen LogP contribution in [0.3, 0.4) is 0 Å². The first-order valence-corrected chi connectivity index (χ1v) is 8.58. The minimum atomic E-state index is 0.0762. The molecule has 0 unspecified atom stereocenters. The summed E-state index contributed by atoms with van der Waals surface area (Å²) in [5, 5.41) is 2.60. The number of ether oxygens (including phenoxy) is 1. The van der Waals surface area contributed by atoms with Crippen molar-refractivity contribution in [2.24, 2.45) is 0 Å². The average Bonchev–Trinajstić information content (AvgIpc) is 3.10. The fraction of sp³-hybridized carbons (Fsp3) is 0.667. The average molecular weight is 323 g/mol. The molecule has 0 N–H and O–H groups in total. The van der Waals surface area contributed by atoms with Crippen LogP contribution in [0, 0.1) is 0 Å². The number of carbonyl (C=O) groups is 2. The van der Waals surface area contributed by atoms with Crippen molar-refractivity contribution in [3.05, 3.63) is 11.1 Å². The highest BCUT2D eigenvalue weighted by Crippen LogP contribution is 2.25. The van der Waals surface area contributed by atoms with Crippen LogP contribution in [0.15, 0.2) is 5.38 Å². The molecule has 2 amide bonds. The van der Waals surface area contributed by atoms with Crippen molar-refractivity contribution < 1.29 is 14.3 Å². The highest BCUT2D eigenvalue weighted by Gasteiger charge is 2.29. The Hall–Kier alpha value is -1.47. The van der Waals surface area contributed by atoms with Crippen LogP contribution in [0.1, 0.15) is 32.4 Å². The largest absolute Gasteiger partial charge is 0.375 e. The second kappa shape index (κ2) is 6.34. The van der Waals surface area contributed by atoms with Crippen LogP contribution in [0.4, 0.5) is 5.13 Å². The van der Waals surface area contributed by atoms with Gasteiger partial charge in [0.05, 0.1) is 30.9 Å². The van der Waals surface area contributed by atoms with Gasteiger partial charge in [0.15, 0.2) is 5.13 Å². The van der Waals surface area contributed by atoms with Gasteiger partial charge < -0.3 is 9.64 Å². The molecule has 0 bridgehead atoms. The fourth-order valence-electron chi connectivity index (χ4n) is 2.86. The monoisotopic (exact) mass is 323 g/mol. The van der Waals surface area contributed by atoms with E-state index in [1.54, 1.807) is 4.90 Å². The third-order valence-corrected chi connectivity index (χ3v) is 5.02. The first-order valence-electron chi connectivity index (χ1n) is 7.70. The number of morpholine rings is 1. The molecule has 2 aliphatic heterocycles.